The van der Waals surface area contributed by atoms with Crippen molar-refractivity contribution in [3.8, 4) is 10.4 Å². The summed E-state index contributed by atoms with van der Waals surface area (Å²) < 4.78 is 26.0. The van der Waals surface area contributed by atoms with Crippen LogP contribution in [0.2, 0.25) is 0 Å². The van der Waals surface area contributed by atoms with E-state index in [1.54, 1.807) is 22.6 Å². The zero-order valence-corrected chi connectivity index (χ0v) is 20.4. The van der Waals surface area contributed by atoms with E-state index >= 15 is 0 Å². The van der Waals surface area contributed by atoms with Gasteiger partial charge in [0.15, 0.2) is 0 Å². The predicted molar refractivity (Wildman–Crippen MR) is 131 cm³/mol. The van der Waals surface area contributed by atoms with Gasteiger partial charge in [0.2, 0.25) is 10.0 Å². The Morgan fingerprint density at radius 2 is 1.97 bits per heavy atom. The molecular weight excluding hydrogens is 444 g/mol. The van der Waals surface area contributed by atoms with Gasteiger partial charge in [-0.2, -0.15) is 0 Å². The Bertz CT molecular complexity index is 1240. The van der Waals surface area contributed by atoms with E-state index < -0.39 is 15.9 Å². The van der Waals surface area contributed by atoms with Gasteiger partial charge in [-0.25, -0.2) is 12.7 Å². The number of nitrogens with zero attached hydrogens (tertiary/aromatic N) is 2. The number of primary amides is 1. The van der Waals surface area contributed by atoms with Gasteiger partial charge in [-0.1, -0.05) is 0 Å². The third-order valence-electron chi connectivity index (χ3n) is 6.18. The van der Waals surface area contributed by atoms with Crippen molar-refractivity contribution >= 4 is 38.2 Å². The van der Waals surface area contributed by atoms with Crippen LogP contribution >= 0.6 is 11.3 Å². The minimum absolute atomic E-state index is 0.132. The van der Waals surface area contributed by atoms with Crippen LogP contribution < -0.4 is 5.73 Å². The zero-order chi connectivity index (χ0) is 23.0. The fourth-order valence-electron chi connectivity index (χ4n) is 4.53. The Morgan fingerprint density at radius 1 is 1.25 bits per heavy atom. The fraction of sp³-hybridized carbons (Fsp3) is 0.435. The van der Waals surface area contributed by atoms with Crippen LogP contribution in [0.25, 0.3) is 21.3 Å². The molecule has 9 heteroatoms. The first kappa shape index (κ1) is 23.0. The van der Waals surface area contributed by atoms with Gasteiger partial charge in [0.25, 0.3) is 5.91 Å². The number of carbonyl (C=O) groups excluding carboxylic acids is 1. The summed E-state index contributed by atoms with van der Waals surface area (Å²) in [5.41, 5.74) is 10.3. The smallest absolute Gasteiger partial charge is 0.250 e. The second kappa shape index (κ2) is 8.97. The number of H-pyrrole nitrogens is 1. The second-order valence-electron chi connectivity index (χ2n) is 8.69. The number of benzene rings is 1. The van der Waals surface area contributed by atoms with E-state index in [2.05, 4.69) is 27.4 Å². The molecule has 7 nitrogen and oxygen atoms in total. The molecule has 1 aromatic carbocycles. The van der Waals surface area contributed by atoms with Crippen LogP contribution in [0.5, 0.6) is 0 Å². The van der Waals surface area contributed by atoms with Crippen LogP contribution in [-0.2, 0) is 16.6 Å². The van der Waals surface area contributed by atoms with Crippen molar-refractivity contribution in [1.29, 1.82) is 0 Å². The highest BCUT2D eigenvalue weighted by molar-refractivity contribution is 7.89. The molecule has 0 unspecified atom stereocenters. The van der Waals surface area contributed by atoms with Crippen LogP contribution in [0, 0.1) is 0 Å². The Balaban J connectivity index is 1.70. The average Bonchev–Trinajstić information content (AvgIpc) is 3.39. The van der Waals surface area contributed by atoms with E-state index in [1.165, 1.54) is 5.56 Å². The largest absolute Gasteiger partial charge is 0.366 e. The number of nitrogens with one attached hydrogen (secondary N) is 1. The van der Waals surface area contributed by atoms with Crippen LogP contribution in [0.3, 0.4) is 0 Å². The molecule has 1 aliphatic rings. The normalized spacial score (nSPS) is 16.2. The fourth-order valence-corrected chi connectivity index (χ4v) is 6.56. The van der Waals surface area contributed by atoms with E-state index in [9.17, 15) is 13.2 Å². The zero-order valence-electron chi connectivity index (χ0n) is 18.7. The van der Waals surface area contributed by atoms with Crippen molar-refractivity contribution in [1.82, 2.24) is 14.2 Å². The summed E-state index contributed by atoms with van der Waals surface area (Å²) >= 11 is 1.66. The van der Waals surface area contributed by atoms with E-state index in [0.717, 1.165) is 46.3 Å². The van der Waals surface area contributed by atoms with Gasteiger partial charge in [0, 0.05) is 36.1 Å². The summed E-state index contributed by atoms with van der Waals surface area (Å²) in [6, 6.07) is 6.16. The lowest BCUT2D eigenvalue weighted by Gasteiger charge is -2.31. The molecule has 4 rings (SSSR count). The topological polar surface area (TPSA) is 99.5 Å². The number of hydrogen-bond acceptors (Lipinski definition) is 5. The number of piperidine rings is 1. The maximum Gasteiger partial charge on any atom is 0.250 e. The standard InChI is InChI=1S/C23H30N4O3S2/c1-4-32(29,30)27-7-5-16(6-8-27)20-12-25-22-18(20)10-17(11-19(22)23(24)28)21-9-15(14-31-21)13-26(2)3/h9-12,14,16,25H,4-8,13H2,1-3H3,(H2,24,28). The van der Waals surface area contributed by atoms with Gasteiger partial charge in [0.05, 0.1) is 16.8 Å². The highest BCUT2D eigenvalue weighted by Gasteiger charge is 2.29. The van der Waals surface area contributed by atoms with Crippen molar-refractivity contribution in [2.75, 3.05) is 32.9 Å². The Morgan fingerprint density at radius 3 is 2.59 bits per heavy atom. The lowest BCUT2D eigenvalue weighted by atomic mass is 9.89. The number of aromatic amines is 1. The van der Waals surface area contributed by atoms with Gasteiger partial charge in [-0.3, -0.25) is 4.79 Å². The summed E-state index contributed by atoms with van der Waals surface area (Å²) in [7, 11) is 0.918. The van der Waals surface area contributed by atoms with Gasteiger partial charge < -0.3 is 15.6 Å². The first-order valence-electron chi connectivity index (χ1n) is 10.8. The van der Waals surface area contributed by atoms with Crippen molar-refractivity contribution in [3.05, 3.63) is 46.5 Å². The molecular formula is C23H30N4O3S2. The molecule has 32 heavy (non-hydrogen) atoms. The highest BCUT2D eigenvalue weighted by atomic mass is 32.2. The molecule has 0 saturated carbocycles. The van der Waals surface area contributed by atoms with Gasteiger partial charge >= 0.3 is 0 Å². The minimum Gasteiger partial charge on any atom is -0.366 e. The lowest BCUT2D eigenvalue weighted by Crippen LogP contribution is -2.38. The average molecular weight is 475 g/mol. The molecule has 0 bridgehead atoms. The predicted octanol–water partition coefficient (Wildman–Crippen LogP) is 3.59. The minimum atomic E-state index is -3.16. The van der Waals surface area contributed by atoms with E-state index in [4.69, 9.17) is 5.73 Å². The summed E-state index contributed by atoms with van der Waals surface area (Å²) in [6.45, 7) is 3.59. The number of nitrogens with two attached hydrogens (primary N) is 1. The number of aromatic nitrogens is 1. The number of sulfonamides is 1. The monoisotopic (exact) mass is 474 g/mol. The van der Waals surface area contributed by atoms with Gasteiger partial charge in [-0.15, -0.1) is 11.3 Å². The van der Waals surface area contributed by atoms with E-state index in [-0.39, 0.29) is 11.7 Å². The molecule has 3 N–H and O–H groups in total. The third-order valence-corrected chi connectivity index (χ3v) is 9.09. The molecule has 0 radical (unpaired) electrons. The van der Waals surface area contributed by atoms with E-state index in [0.29, 0.717) is 18.7 Å². The summed E-state index contributed by atoms with van der Waals surface area (Å²) in [4.78, 5) is 18.7. The third kappa shape index (κ3) is 4.47. The molecule has 3 heterocycles. The molecule has 2 aromatic heterocycles. The molecule has 172 valence electrons. The molecule has 1 saturated heterocycles. The molecule has 0 aliphatic carbocycles. The Labute approximate surface area is 193 Å². The Kier molecular flexibility index (Phi) is 6.44. The number of carbonyl (C=O) groups is 1. The summed E-state index contributed by atoms with van der Waals surface area (Å²) in [6.07, 6.45) is 3.48. The van der Waals surface area contributed by atoms with Crippen molar-refractivity contribution in [2.24, 2.45) is 5.73 Å². The molecule has 1 fully saturated rings. The molecule has 1 amide bonds. The molecule has 0 spiro atoms. The quantitative estimate of drug-likeness (QED) is 0.547. The highest BCUT2D eigenvalue weighted by Crippen LogP contribution is 2.38. The second-order valence-corrected chi connectivity index (χ2v) is 11.9. The number of rotatable bonds is 7. The maximum atomic E-state index is 12.2. The summed E-state index contributed by atoms with van der Waals surface area (Å²) in [5.74, 6) is -0.0953. The van der Waals surface area contributed by atoms with Crippen LogP contribution in [0.1, 0.15) is 47.2 Å². The number of thiophene rings is 1. The number of fused-ring (bicyclic) bond motifs is 1. The van der Waals surface area contributed by atoms with Gasteiger partial charge in [-0.05, 0) is 80.0 Å². The first-order valence-corrected chi connectivity index (χ1v) is 13.3. The SMILES string of the molecule is CCS(=O)(=O)N1CCC(c2c[nH]c3c(C(N)=O)cc(-c4cc(CN(C)C)cs4)cc23)CC1. The van der Waals surface area contributed by atoms with Gasteiger partial charge in [0.1, 0.15) is 0 Å². The molecule has 3 aromatic rings. The number of hydrogen-bond donors (Lipinski definition) is 2. The summed E-state index contributed by atoms with van der Waals surface area (Å²) in [5, 5.41) is 3.14. The van der Waals surface area contributed by atoms with E-state index in [1.807, 2.05) is 26.4 Å². The van der Waals surface area contributed by atoms with Crippen molar-refractivity contribution in [2.45, 2.75) is 32.2 Å². The molecule has 0 atom stereocenters. The van der Waals surface area contributed by atoms with Crippen LogP contribution in [0.4, 0.5) is 0 Å². The Hall–Kier alpha value is -2.20. The van der Waals surface area contributed by atoms with Crippen molar-refractivity contribution < 1.29 is 13.2 Å². The first-order chi connectivity index (χ1) is 15.2. The molecule has 1 aliphatic heterocycles. The van der Waals surface area contributed by atoms with Crippen LogP contribution in [0.15, 0.2) is 29.8 Å². The van der Waals surface area contributed by atoms with Crippen molar-refractivity contribution in [3.63, 3.8) is 0 Å². The van der Waals surface area contributed by atoms with Crippen LogP contribution in [-0.4, -0.2) is 61.5 Å². The maximum absolute atomic E-state index is 12.2. The number of amides is 1. The lowest BCUT2D eigenvalue weighted by molar-refractivity contribution is 0.100.